The number of carbonyl (C=O) groups is 1. The summed E-state index contributed by atoms with van der Waals surface area (Å²) >= 11 is 1.45. The minimum absolute atomic E-state index is 0.215. The maximum atomic E-state index is 12.5. The van der Waals surface area contributed by atoms with E-state index in [0.717, 1.165) is 12.1 Å². The maximum absolute atomic E-state index is 12.5. The summed E-state index contributed by atoms with van der Waals surface area (Å²) in [6.45, 7) is 3.31. The van der Waals surface area contributed by atoms with Crippen molar-refractivity contribution in [2.75, 3.05) is 12.0 Å². The Morgan fingerprint density at radius 3 is 2.54 bits per heavy atom. The van der Waals surface area contributed by atoms with Gasteiger partial charge in [0.1, 0.15) is 6.04 Å². The van der Waals surface area contributed by atoms with E-state index in [-0.39, 0.29) is 6.42 Å². The largest absolute Gasteiger partial charge is 0.462 e. The third-order valence-electron chi connectivity index (χ3n) is 2.90. The summed E-state index contributed by atoms with van der Waals surface area (Å²) in [5.41, 5.74) is -0.550. The molecule has 1 aromatic carbocycles. The normalized spacial score (nSPS) is 12.8. The smallest absolute Gasteiger partial charge is 0.324 e. The fourth-order valence-corrected chi connectivity index (χ4v) is 3.72. The number of nitro groups is 1. The monoisotopic (exact) mass is 376 g/mol. The van der Waals surface area contributed by atoms with Crippen LogP contribution in [-0.2, 0) is 19.6 Å². The predicted molar refractivity (Wildman–Crippen MR) is 91.4 cm³/mol. The van der Waals surface area contributed by atoms with E-state index >= 15 is 0 Å². The molecule has 0 spiro atoms. The number of sulfonamides is 1. The Hall–Kier alpha value is -1.65. The molecule has 0 heterocycles. The van der Waals surface area contributed by atoms with E-state index in [1.807, 2.05) is 6.26 Å². The molecule has 0 aliphatic rings. The molecule has 0 bridgehead atoms. The maximum Gasteiger partial charge on any atom is 0.324 e. The highest BCUT2D eigenvalue weighted by atomic mass is 32.2. The number of nitrogens with one attached hydrogen (secondary N) is 1. The van der Waals surface area contributed by atoms with E-state index in [2.05, 4.69) is 4.72 Å². The lowest BCUT2D eigenvalue weighted by Crippen LogP contribution is -2.43. The number of hydrogen-bond donors (Lipinski definition) is 1. The first-order valence-corrected chi connectivity index (χ1v) is 10.0. The summed E-state index contributed by atoms with van der Waals surface area (Å²) in [5.74, 6) is -0.182. The quantitative estimate of drug-likeness (QED) is 0.398. The van der Waals surface area contributed by atoms with Crippen LogP contribution in [0, 0.1) is 10.1 Å². The van der Waals surface area contributed by atoms with Crippen LogP contribution in [0.4, 0.5) is 5.69 Å². The summed E-state index contributed by atoms with van der Waals surface area (Å²) in [4.78, 5) is 21.9. The predicted octanol–water partition coefficient (Wildman–Crippen LogP) is 1.95. The van der Waals surface area contributed by atoms with E-state index in [9.17, 15) is 23.3 Å². The Balaban J connectivity index is 3.11. The van der Waals surface area contributed by atoms with E-state index in [0.29, 0.717) is 5.75 Å². The second-order valence-corrected chi connectivity index (χ2v) is 7.83. The highest BCUT2D eigenvalue weighted by Crippen LogP contribution is 2.23. The van der Waals surface area contributed by atoms with Crippen molar-refractivity contribution in [1.29, 1.82) is 0 Å². The molecule has 0 amide bonds. The Kier molecular flexibility index (Phi) is 7.64. The van der Waals surface area contributed by atoms with Gasteiger partial charge in [0.05, 0.1) is 11.0 Å². The highest BCUT2D eigenvalue weighted by Gasteiger charge is 2.31. The summed E-state index contributed by atoms with van der Waals surface area (Å²) in [7, 11) is -4.25. The molecule has 1 atom stereocenters. The minimum atomic E-state index is -4.25. The number of nitro benzene ring substituents is 1. The first-order chi connectivity index (χ1) is 11.2. The van der Waals surface area contributed by atoms with Gasteiger partial charge >= 0.3 is 5.97 Å². The van der Waals surface area contributed by atoms with Gasteiger partial charge in [-0.2, -0.15) is 16.5 Å². The third-order valence-corrected chi connectivity index (χ3v) is 5.06. The molecule has 1 rings (SSSR count). The highest BCUT2D eigenvalue weighted by molar-refractivity contribution is 7.98. The van der Waals surface area contributed by atoms with Crippen LogP contribution in [0.25, 0.3) is 0 Å². The molecule has 134 valence electrons. The molecule has 1 N–H and O–H groups in total. The van der Waals surface area contributed by atoms with Gasteiger partial charge in [-0.3, -0.25) is 14.9 Å². The second-order valence-electron chi connectivity index (χ2n) is 5.17. The molecular weight excluding hydrogens is 356 g/mol. The van der Waals surface area contributed by atoms with Crippen molar-refractivity contribution >= 4 is 33.4 Å². The van der Waals surface area contributed by atoms with Gasteiger partial charge in [-0.05, 0) is 38.3 Å². The Morgan fingerprint density at radius 1 is 1.38 bits per heavy atom. The zero-order valence-corrected chi connectivity index (χ0v) is 15.2. The number of nitrogens with zero attached hydrogens (tertiary/aromatic N) is 1. The summed E-state index contributed by atoms with van der Waals surface area (Å²) < 4.78 is 32.3. The summed E-state index contributed by atoms with van der Waals surface area (Å²) in [6.07, 6.45) is 1.64. The lowest BCUT2D eigenvalue weighted by molar-refractivity contribution is -0.387. The van der Waals surface area contributed by atoms with Crippen molar-refractivity contribution in [3.63, 3.8) is 0 Å². The molecule has 0 aliphatic heterocycles. The van der Waals surface area contributed by atoms with Crippen LogP contribution >= 0.6 is 11.8 Å². The number of benzene rings is 1. The molecule has 0 radical (unpaired) electrons. The zero-order valence-electron chi connectivity index (χ0n) is 13.6. The van der Waals surface area contributed by atoms with Gasteiger partial charge in [-0.1, -0.05) is 12.1 Å². The van der Waals surface area contributed by atoms with E-state index in [4.69, 9.17) is 4.74 Å². The first-order valence-electron chi connectivity index (χ1n) is 7.14. The molecule has 0 saturated heterocycles. The number of hydrogen-bond acceptors (Lipinski definition) is 7. The Labute approximate surface area is 145 Å². The molecule has 1 aromatic rings. The molecule has 8 nitrogen and oxygen atoms in total. The average molecular weight is 376 g/mol. The van der Waals surface area contributed by atoms with Crippen LogP contribution in [-0.4, -0.2) is 43.5 Å². The molecule has 0 aliphatic carbocycles. The minimum Gasteiger partial charge on any atom is -0.462 e. The van der Waals surface area contributed by atoms with Gasteiger partial charge in [-0.25, -0.2) is 8.42 Å². The van der Waals surface area contributed by atoms with Crippen LogP contribution in [0.3, 0.4) is 0 Å². The van der Waals surface area contributed by atoms with Crippen molar-refractivity contribution in [2.45, 2.75) is 37.3 Å². The van der Waals surface area contributed by atoms with Gasteiger partial charge in [0.25, 0.3) is 5.69 Å². The van der Waals surface area contributed by atoms with Crippen molar-refractivity contribution in [2.24, 2.45) is 0 Å². The average Bonchev–Trinajstić information content (AvgIpc) is 2.50. The fraction of sp³-hybridized carbons (Fsp3) is 0.500. The SMILES string of the molecule is CSCC[C@@H](NS(=O)(=O)c1ccccc1[N+](=O)[O-])C(=O)OC(C)C. The molecule has 24 heavy (non-hydrogen) atoms. The molecule has 0 aromatic heterocycles. The van der Waals surface area contributed by atoms with Crippen LogP contribution in [0.1, 0.15) is 20.3 Å². The molecule has 0 fully saturated rings. The molecule has 0 unspecified atom stereocenters. The van der Waals surface area contributed by atoms with E-state index in [1.165, 1.54) is 23.9 Å². The summed E-state index contributed by atoms with van der Waals surface area (Å²) in [5, 5.41) is 11.0. The van der Waals surface area contributed by atoms with Crippen molar-refractivity contribution < 1.29 is 22.9 Å². The standard InChI is InChI=1S/C14H20N2O6S2/c1-10(2)22-14(17)11(8-9-23-3)15-24(20,21)13-7-5-4-6-12(13)16(18)19/h4-7,10-11,15H,8-9H2,1-3H3/t11-/m1/s1. The number of para-hydroxylation sites is 1. The fourth-order valence-electron chi connectivity index (χ4n) is 1.86. The summed E-state index contributed by atoms with van der Waals surface area (Å²) in [6, 6.07) is 3.86. The van der Waals surface area contributed by atoms with Gasteiger partial charge in [0, 0.05) is 6.07 Å². The van der Waals surface area contributed by atoms with Crippen LogP contribution in [0.15, 0.2) is 29.2 Å². The van der Waals surface area contributed by atoms with Crippen LogP contribution in [0.5, 0.6) is 0 Å². The number of rotatable bonds is 9. The van der Waals surface area contributed by atoms with Crippen molar-refractivity contribution in [3.8, 4) is 0 Å². The van der Waals surface area contributed by atoms with Crippen LogP contribution in [0.2, 0.25) is 0 Å². The third kappa shape index (κ3) is 5.77. The number of ether oxygens (including phenoxy) is 1. The first kappa shape index (κ1) is 20.4. The van der Waals surface area contributed by atoms with Gasteiger partial charge in [-0.15, -0.1) is 0 Å². The van der Waals surface area contributed by atoms with E-state index in [1.54, 1.807) is 13.8 Å². The van der Waals surface area contributed by atoms with Crippen LogP contribution < -0.4 is 4.72 Å². The van der Waals surface area contributed by atoms with Gasteiger partial charge in [0.2, 0.25) is 10.0 Å². The van der Waals surface area contributed by atoms with E-state index < -0.39 is 43.6 Å². The lowest BCUT2D eigenvalue weighted by atomic mass is 10.2. The zero-order chi connectivity index (χ0) is 18.3. The number of carbonyl (C=O) groups excluding carboxylic acids is 1. The van der Waals surface area contributed by atoms with Gasteiger partial charge in [0.15, 0.2) is 4.90 Å². The number of thioether (sulfide) groups is 1. The van der Waals surface area contributed by atoms with Gasteiger partial charge < -0.3 is 4.74 Å². The lowest BCUT2D eigenvalue weighted by Gasteiger charge is -2.18. The topological polar surface area (TPSA) is 116 Å². The Morgan fingerprint density at radius 2 is 2.00 bits per heavy atom. The Bertz CT molecular complexity index is 690. The van der Waals surface area contributed by atoms with Crippen molar-refractivity contribution in [3.05, 3.63) is 34.4 Å². The van der Waals surface area contributed by atoms with Crippen molar-refractivity contribution in [1.82, 2.24) is 4.72 Å². The second kappa shape index (κ2) is 9.00. The number of esters is 1. The molecule has 0 saturated carbocycles. The molecular formula is C14H20N2O6S2. The molecule has 10 heteroatoms.